The first-order valence-electron chi connectivity index (χ1n) is 4.51. The molecule has 14 heavy (non-hydrogen) atoms. The summed E-state index contributed by atoms with van der Waals surface area (Å²) in [5, 5.41) is 2.66. The van der Waals surface area contributed by atoms with Crippen LogP contribution in [0.5, 0.6) is 0 Å². The lowest BCUT2D eigenvalue weighted by atomic mass is 9.95. The zero-order valence-electron chi connectivity index (χ0n) is 9.42. The number of carbonyl (C=O) groups is 1. The Bertz CT molecular complexity index is 301. The number of amides is 1. The number of sulfone groups is 1. The average molecular weight is 221 g/mol. The Hall–Kier alpha value is -0.580. The van der Waals surface area contributed by atoms with Gasteiger partial charge in [-0.15, -0.1) is 0 Å². The number of carbonyl (C=O) groups excluding carboxylic acids is 1. The van der Waals surface area contributed by atoms with Gasteiger partial charge >= 0.3 is 0 Å². The second-order valence-electron chi connectivity index (χ2n) is 4.72. The molecule has 0 radical (unpaired) electrons. The van der Waals surface area contributed by atoms with Crippen LogP contribution in [0, 0.1) is 5.41 Å². The van der Waals surface area contributed by atoms with Gasteiger partial charge in [-0.05, 0) is 6.92 Å². The Kier molecular flexibility index (Phi) is 4.12. The molecule has 0 aromatic rings. The molecule has 0 heterocycles. The quantitative estimate of drug-likeness (QED) is 0.758. The van der Waals surface area contributed by atoms with Gasteiger partial charge < -0.3 is 5.32 Å². The van der Waals surface area contributed by atoms with Crippen LogP contribution in [0.3, 0.4) is 0 Å². The summed E-state index contributed by atoms with van der Waals surface area (Å²) in [4.78, 5) is 11.5. The van der Waals surface area contributed by atoms with E-state index in [0.717, 1.165) is 6.26 Å². The molecule has 0 aliphatic rings. The van der Waals surface area contributed by atoms with Crippen LogP contribution < -0.4 is 5.32 Å². The zero-order valence-corrected chi connectivity index (χ0v) is 10.2. The highest BCUT2D eigenvalue weighted by molar-refractivity contribution is 7.90. The largest absolute Gasteiger partial charge is 0.352 e. The highest BCUT2D eigenvalue weighted by Gasteiger charge is 2.23. The van der Waals surface area contributed by atoms with Gasteiger partial charge in [0.2, 0.25) is 5.91 Å². The maximum absolute atomic E-state index is 11.5. The minimum atomic E-state index is -3.03. The van der Waals surface area contributed by atoms with Crippen molar-refractivity contribution in [3.8, 4) is 0 Å². The Morgan fingerprint density at radius 3 is 2.07 bits per heavy atom. The molecule has 0 fully saturated rings. The summed E-state index contributed by atoms with van der Waals surface area (Å²) in [6.45, 7) is 7.05. The zero-order chi connectivity index (χ0) is 11.6. The molecule has 0 aromatic heterocycles. The van der Waals surface area contributed by atoms with Gasteiger partial charge in [0.25, 0.3) is 0 Å². The fourth-order valence-corrected chi connectivity index (χ4v) is 1.93. The van der Waals surface area contributed by atoms with Crippen LogP contribution in [0.15, 0.2) is 0 Å². The predicted molar refractivity (Wildman–Crippen MR) is 56.8 cm³/mol. The highest BCUT2D eigenvalue weighted by Crippen LogP contribution is 2.12. The summed E-state index contributed by atoms with van der Waals surface area (Å²) < 4.78 is 21.8. The van der Waals surface area contributed by atoms with E-state index in [1.165, 1.54) is 0 Å². The maximum Gasteiger partial charge on any atom is 0.225 e. The molecular formula is C9H19NO3S. The topological polar surface area (TPSA) is 63.2 Å². The summed E-state index contributed by atoms with van der Waals surface area (Å²) >= 11 is 0. The molecule has 4 nitrogen and oxygen atoms in total. The van der Waals surface area contributed by atoms with E-state index in [0.29, 0.717) is 0 Å². The van der Waals surface area contributed by atoms with Crippen molar-refractivity contribution < 1.29 is 13.2 Å². The van der Waals surface area contributed by atoms with Gasteiger partial charge in [0.15, 0.2) is 0 Å². The van der Waals surface area contributed by atoms with Crippen LogP contribution in [-0.4, -0.2) is 32.4 Å². The molecule has 0 rings (SSSR count). The first-order chi connectivity index (χ1) is 6.02. The second kappa shape index (κ2) is 4.29. The molecule has 0 spiro atoms. The number of hydrogen-bond acceptors (Lipinski definition) is 3. The third kappa shape index (κ3) is 5.96. The molecule has 0 aliphatic heterocycles. The van der Waals surface area contributed by atoms with E-state index < -0.39 is 15.3 Å². The molecule has 1 atom stereocenters. The van der Waals surface area contributed by atoms with E-state index in [2.05, 4.69) is 5.32 Å². The van der Waals surface area contributed by atoms with Crippen molar-refractivity contribution >= 4 is 15.7 Å². The molecule has 0 aromatic carbocycles. The summed E-state index contributed by atoms with van der Waals surface area (Å²) in [6.07, 6.45) is 1.16. The summed E-state index contributed by atoms with van der Waals surface area (Å²) in [6, 6.07) is -0.336. The average Bonchev–Trinajstić information content (AvgIpc) is 1.79. The first-order valence-corrected chi connectivity index (χ1v) is 6.57. The van der Waals surface area contributed by atoms with Gasteiger partial charge in [0.05, 0.1) is 5.75 Å². The lowest BCUT2D eigenvalue weighted by Crippen LogP contribution is -2.43. The third-order valence-corrected chi connectivity index (χ3v) is 2.72. The minimum absolute atomic E-state index is 0.0190. The van der Waals surface area contributed by atoms with Crippen molar-refractivity contribution in [1.29, 1.82) is 0 Å². The van der Waals surface area contributed by atoms with Crippen LogP contribution in [0.4, 0.5) is 0 Å². The van der Waals surface area contributed by atoms with Crippen molar-refractivity contribution in [2.45, 2.75) is 33.7 Å². The fourth-order valence-electron chi connectivity index (χ4n) is 0.936. The van der Waals surface area contributed by atoms with Crippen LogP contribution >= 0.6 is 0 Å². The third-order valence-electron chi connectivity index (χ3n) is 1.61. The van der Waals surface area contributed by atoms with Crippen molar-refractivity contribution in [2.75, 3.05) is 12.0 Å². The Morgan fingerprint density at radius 1 is 1.36 bits per heavy atom. The van der Waals surface area contributed by atoms with E-state index in [1.54, 1.807) is 27.7 Å². The van der Waals surface area contributed by atoms with Gasteiger partial charge in [-0.25, -0.2) is 8.42 Å². The SMILES string of the molecule is CC(CS(C)(=O)=O)NC(=O)C(C)(C)C. The Labute approximate surface area is 86.0 Å². The van der Waals surface area contributed by atoms with E-state index in [-0.39, 0.29) is 17.7 Å². The van der Waals surface area contributed by atoms with Gasteiger partial charge in [0, 0.05) is 17.7 Å². The maximum atomic E-state index is 11.5. The molecule has 84 valence electrons. The predicted octanol–water partition coefficient (Wildman–Crippen LogP) is 0.582. The lowest BCUT2D eigenvalue weighted by Gasteiger charge is -2.21. The van der Waals surface area contributed by atoms with Crippen molar-refractivity contribution in [3.63, 3.8) is 0 Å². The van der Waals surface area contributed by atoms with Gasteiger partial charge in [-0.1, -0.05) is 20.8 Å². The first kappa shape index (κ1) is 13.4. The molecule has 0 saturated heterocycles. The Balaban J connectivity index is 4.22. The number of nitrogens with one attached hydrogen (secondary N) is 1. The molecule has 1 N–H and O–H groups in total. The van der Waals surface area contributed by atoms with Crippen LogP contribution in [0.2, 0.25) is 0 Å². The highest BCUT2D eigenvalue weighted by atomic mass is 32.2. The number of rotatable bonds is 3. The van der Waals surface area contributed by atoms with Crippen molar-refractivity contribution in [2.24, 2.45) is 5.41 Å². The van der Waals surface area contributed by atoms with Gasteiger partial charge in [0.1, 0.15) is 9.84 Å². The normalized spacial score (nSPS) is 14.9. The molecule has 0 saturated carbocycles. The van der Waals surface area contributed by atoms with Gasteiger partial charge in [-0.3, -0.25) is 4.79 Å². The minimum Gasteiger partial charge on any atom is -0.352 e. The fraction of sp³-hybridized carbons (Fsp3) is 0.889. The summed E-state index contributed by atoms with van der Waals surface area (Å²) in [7, 11) is -3.03. The number of hydrogen-bond donors (Lipinski definition) is 1. The molecule has 1 unspecified atom stereocenters. The van der Waals surface area contributed by atoms with E-state index in [1.807, 2.05) is 0 Å². The van der Waals surface area contributed by atoms with E-state index >= 15 is 0 Å². The monoisotopic (exact) mass is 221 g/mol. The van der Waals surface area contributed by atoms with Gasteiger partial charge in [-0.2, -0.15) is 0 Å². The smallest absolute Gasteiger partial charge is 0.225 e. The van der Waals surface area contributed by atoms with E-state index in [4.69, 9.17) is 0 Å². The summed E-state index contributed by atoms with van der Waals surface area (Å²) in [5.41, 5.74) is -0.480. The van der Waals surface area contributed by atoms with Crippen molar-refractivity contribution in [3.05, 3.63) is 0 Å². The van der Waals surface area contributed by atoms with Crippen molar-refractivity contribution in [1.82, 2.24) is 5.32 Å². The van der Waals surface area contributed by atoms with Crippen LogP contribution in [0.1, 0.15) is 27.7 Å². The summed E-state index contributed by atoms with van der Waals surface area (Å²) in [5.74, 6) is -0.150. The Morgan fingerprint density at radius 2 is 1.79 bits per heavy atom. The van der Waals surface area contributed by atoms with Crippen LogP contribution in [-0.2, 0) is 14.6 Å². The molecule has 5 heteroatoms. The lowest BCUT2D eigenvalue weighted by molar-refractivity contribution is -0.128. The van der Waals surface area contributed by atoms with Crippen LogP contribution in [0.25, 0.3) is 0 Å². The van der Waals surface area contributed by atoms with E-state index in [9.17, 15) is 13.2 Å². The second-order valence-corrected chi connectivity index (χ2v) is 6.90. The standard InChI is InChI=1S/C9H19NO3S/c1-7(6-14(5,12)13)10-8(11)9(2,3)4/h7H,6H2,1-5H3,(H,10,11). The molecular weight excluding hydrogens is 202 g/mol. The molecule has 1 amide bonds. The molecule has 0 aliphatic carbocycles. The molecule has 0 bridgehead atoms.